The molecule has 0 aromatic heterocycles. The van der Waals surface area contributed by atoms with E-state index in [0.717, 1.165) is 16.7 Å². The lowest BCUT2D eigenvalue weighted by Crippen LogP contribution is -2.06. The van der Waals surface area contributed by atoms with Crippen molar-refractivity contribution >= 4 is 12.0 Å². The Bertz CT molecular complexity index is 577. The van der Waals surface area contributed by atoms with Crippen molar-refractivity contribution in [2.75, 3.05) is 6.61 Å². The quantitative estimate of drug-likeness (QED) is 0.359. The summed E-state index contributed by atoms with van der Waals surface area (Å²) in [6, 6.07) is 5.87. The van der Waals surface area contributed by atoms with Gasteiger partial charge in [0.2, 0.25) is 0 Å². The smallest absolute Gasteiger partial charge is 0.349 e. The van der Waals surface area contributed by atoms with E-state index < -0.39 is 5.97 Å². The monoisotopic (exact) mass is 255 g/mol. The molecule has 0 atom stereocenters. The molecule has 19 heavy (non-hydrogen) atoms. The van der Waals surface area contributed by atoms with Crippen molar-refractivity contribution in [2.24, 2.45) is 0 Å². The van der Waals surface area contributed by atoms with Crippen LogP contribution in [-0.2, 0) is 9.53 Å². The molecule has 0 radical (unpaired) electrons. The maximum absolute atomic E-state index is 11.6. The summed E-state index contributed by atoms with van der Waals surface area (Å²) in [5.74, 6) is -0.625. The van der Waals surface area contributed by atoms with E-state index in [1.807, 2.05) is 39.0 Å². The molecule has 0 amide bonds. The molecular weight excluding hydrogens is 238 g/mol. The van der Waals surface area contributed by atoms with E-state index >= 15 is 0 Å². The van der Waals surface area contributed by atoms with E-state index in [1.54, 1.807) is 6.08 Å². The number of rotatable bonds is 4. The molecular formula is C16H17NO2. The second-order valence-corrected chi connectivity index (χ2v) is 4.35. The molecule has 0 unspecified atom stereocenters. The number of ether oxygens (including phenoxy) is 1. The summed E-state index contributed by atoms with van der Waals surface area (Å²) in [6.45, 7) is 9.53. The summed E-state index contributed by atoms with van der Waals surface area (Å²) in [7, 11) is 0. The van der Waals surface area contributed by atoms with Gasteiger partial charge in [0.15, 0.2) is 0 Å². The van der Waals surface area contributed by atoms with Gasteiger partial charge in [-0.3, -0.25) is 0 Å². The predicted molar refractivity (Wildman–Crippen MR) is 75.4 cm³/mol. The largest absolute Gasteiger partial charge is 0.457 e. The number of hydrogen-bond donors (Lipinski definition) is 0. The SMILES string of the molecule is C=CCOC(=O)C(C#N)=Cc1cc(C)c(C)cc1C. The van der Waals surface area contributed by atoms with Crippen LogP contribution in [0, 0.1) is 32.1 Å². The minimum Gasteiger partial charge on any atom is -0.457 e. The third-order valence-electron chi connectivity index (χ3n) is 2.85. The highest BCUT2D eigenvalue weighted by Gasteiger charge is 2.11. The molecule has 1 aromatic rings. The number of benzene rings is 1. The van der Waals surface area contributed by atoms with Gasteiger partial charge in [-0.05, 0) is 49.1 Å². The molecule has 0 saturated heterocycles. The molecule has 0 aliphatic heterocycles. The lowest BCUT2D eigenvalue weighted by molar-refractivity contribution is -0.137. The highest BCUT2D eigenvalue weighted by molar-refractivity contribution is 5.98. The van der Waals surface area contributed by atoms with Gasteiger partial charge >= 0.3 is 5.97 Å². The van der Waals surface area contributed by atoms with Gasteiger partial charge in [0, 0.05) is 0 Å². The summed E-state index contributed by atoms with van der Waals surface area (Å²) >= 11 is 0. The summed E-state index contributed by atoms with van der Waals surface area (Å²) in [4.78, 5) is 11.6. The average molecular weight is 255 g/mol. The van der Waals surface area contributed by atoms with Crippen molar-refractivity contribution in [3.63, 3.8) is 0 Å². The van der Waals surface area contributed by atoms with E-state index in [0.29, 0.717) is 0 Å². The Morgan fingerprint density at radius 2 is 1.95 bits per heavy atom. The van der Waals surface area contributed by atoms with Crippen LogP contribution in [0.15, 0.2) is 30.4 Å². The fourth-order valence-corrected chi connectivity index (χ4v) is 1.64. The van der Waals surface area contributed by atoms with Gasteiger partial charge in [0.05, 0.1) is 0 Å². The maximum atomic E-state index is 11.6. The maximum Gasteiger partial charge on any atom is 0.349 e. The van der Waals surface area contributed by atoms with E-state index in [2.05, 4.69) is 6.58 Å². The van der Waals surface area contributed by atoms with Gasteiger partial charge in [-0.1, -0.05) is 24.8 Å². The standard InChI is InChI=1S/C16H17NO2/c1-5-6-19-16(18)15(10-17)9-14-8-12(3)11(2)7-13(14)4/h5,7-9H,1,6H2,2-4H3. The molecule has 1 aromatic carbocycles. The third kappa shape index (κ3) is 3.82. The van der Waals surface area contributed by atoms with E-state index in [4.69, 9.17) is 10.00 Å². The molecule has 1 rings (SSSR count). The van der Waals surface area contributed by atoms with Crippen LogP contribution in [0.5, 0.6) is 0 Å². The van der Waals surface area contributed by atoms with E-state index in [-0.39, 0.29) is 12.2 Å². The van der Waals surface area contributed by atoms with Gasteiger partial charge in [-0.25, -0.2) is 4.79 Å². The van der Waals surface area contributed by atoms with Crippen molar-refractivity contribution in [3.8, 4) is 6.07 Å². The van der Waals surface area contributed by atoms with Gasteiger partial charge in [0.25, 0.3) is 0 Å². The van der Waals surface area contributed by atoms with Crippen LogP contribution in [0.25, 0.3) is 6.08 Å². The van der Waals surface area contributed by atoms with Crippen LogP contribution in [-0.4, -0.2) is 12.6 Å². The highest BCUT2D eigenvalue weighted by Crippen LogP contribution is 2.18. The Balaban J connectivity index is 3.12. The van der Waals surface area contributed by atoms with Crippen molar-refractivity contribution in [1.82, 2.24) is 0 Å². The fourth-order valence-electron chi connectivity index (χ4n) is 1.64. The normalized spacial score (nSPS) is 10.7. The molecule has 0 fully saturated rings. The lowest BCUT2D eigenvalue weighted by Gasteiger charge is -2.07. The van der Waals surface area contributed by atoms with Gasteiger partial charge in [-0.2, -0.15) is 5.26 Å². The molecule has 3 heteroatoms. The number of carbonyl (C=O) groups is 1. The summed E-state index contributed by atoms with van der Waals surface area (Å²) in [6.07, 6.45) is 3.03. The first kappa shape index (κ1) is 14.7. The minimum absolute atomic E-state index is 0.00629. The second-order valence-electron chi connectivity index (χ2n) is 4.35. The Kier molecular flexibility index (Phi) is 5.08. The Morgan fingerprint density at radius 1 is 1.32 bits per heavy atom. The zero-order chi connectivity index (χ0) is 14.4. The average Bonchev–Trinajstić information content (AvgIpc) is 2.38. The first-order chi connectivity index (χ1) is 8.99. The Labute approximate surface area is 113 Å². The molecule has 0 bridgehead atoms. The fraction of sp³-hybridized carbons (Fsp3) is 0.250. The minimum atomic E-state index is -0.625. The van der Waals surface area contributed by atoms with Crippen molar-refractivity contribution in [3.05, 3.63) is 52.6 Å². The van der Waals surface area contributed by atoms with Crippen molar-refractivity contribution in [2.45, 2.75) is 20.8 Å². The molecule has 98 valence electrons. The summed E-state index contributed by atoms with van der Waals surface area (Å²) < 4.78 is 4.86. The van der Waals surface area contributed by atoms with Crippen LogP contribution >= 0.6 is 0 Å². The predicted octanol–water partition coefficient (Wildman–Crippen LogP) is 3.25. The molecule has 0 saturated carbocycles. The van der Waals surface area contributed by atoms with Crippen LogP contribution in [0.2, 0.25) is 0 Å². The van der Waals surface area contributed by atoms with Crippen LogP contribution < -0.4 is 0 Å². The molecule has 0 heterocycles. The highest BCUT2D eigenvalue weighted by atomic mass is 16.5. The van der Waals surface area contributed by atoms with Gasteiger partial charge in [0.1, 0.15) is 18.2 Å². The molecule has 0 N–H and O–H groups in total. The van der Waals surface area contributed by atoms with Crippen molar-refractivity contribution in [1.29, 1.82) is 5.26 Å². The summed E-state index contributed by atoms with van der Waals surface area (Å²) in [5, 5.41) is 9.03. The molecule has 3 nitrogen and oxygen atoms in total. The first-order valence-corrected chi connectivity index (χ1v) is 5.97. The lowest BCUT2D eigenvalue weighted by atomic mass is 9.99. The van der Waals surface area contributed by atoms with Crippen molar-refractivity contribution < 1.29 is 9.53 Å². The Hall–Kier alpha value is -2.34. The molecule has 0 aliphatic rings. The van der Waals surface area contributed by atoms with Gasteiger partial charge < -0.3 is 4.74 Å². The first-order valence-electron chi connectivity index (χ1n) is 5.97. The molecule has 0 spiro atoms. The van der Waals surface area contributed by atoms with Crippen LogP contribution in [0.4, 0.5) is 0 Å². The van der Waals surface area contributed by atoms with E-state index in [9.17, 15) is 4.79 Å². The van der Waals surface area contributed by atoms with Gasteiger partial charge in [-0.15, -0.1) is 0 Å². The van der Waals surface area contributed by atoms with Crippen LogP contribution in [0.3, 0.4) is 0 Å². The topological polar surface area (TPSA) is 50.1 Å². The third-order valence-corrected chi connectivity index (χ3v) is 2.85. The number of esters is 1. The second kappa shape index (κ2) is 6.55. The number of nitrogens with zero attached hydrogens (tertiary/aromatic N) is 1. The zero-order valence-electron chi connectivity index (χ0n) is 11.5. The number of hydrogen-bond acceptors (Lipinski definition) is 3. The van der Waals surface area contributed by atoms with E-state index in [1.165, 1.54) is 11.6 Å². The summed E-state index contributed by atoms with van der Waals surface area (Å²) in [5.41, 5.74) is 4.17. The zero-order valence-corrected chi connectivity index (χ0v) is 11.5. The Morgan fingerprint density at radius 3 is 2.53 bits per heavy atom. The number of nitriles is 1. The molecule has 0 aliphatic carbocycles. The van der Waals surface area contributed by atoms with Crippen LogP contribution in [0.1, 0.15) is 22.3 Å². The number of carbonyl (C=O) groups excluding carboxylic acids is 1. The number of aryl methyl sites for hydroxylation is 3.